The topological polar surface area (TPSA) is 53.1 Å². The Morgan fingerprint density at radius 1 is 1.19 bits per heavy atom. The Morgan fingerprint density at radius 2 is 1.90 bits per heavy atom. The molecule has 2 aromatic carbocycles. The Balaban J connectivity index is 2.39. The van der Waals surface area contributed by atoms with Crippen LogP contribution < -0.4 is 10.6 Å². The second-order valence-corrected chi connectivity index (χ2v) is 5.77. The van der Waals surface area contributed by atoms with Gasteiger partial charge in [-0.15, -0.1) is 0 Å². The third kappa shape index (κ3) is 3.85. The highest BCUT2D eigenvalue weighted by Gasteiger charge is 2.13. The van der Waals surface area contributed by atoms with Crippen molar-refractivity contribution in [1.82, 2.24) is 0 Å². The molecule has 2 aromatic rings. The van der Waals surface area contributed by atoms with Gasteiger partial charge in [-0.2, -0.15) is 0 Å². The molecule has 0 spiro atoms. The van der Waals surface area contributed by atoms with Gasteiger partial charge in [-0.3, -0.25) is 5.41 Å². The summed E-state index contributed by atoms with van der Waals surface area (Å²) < 4.78 is 0.954. The minimum atomic E-state index is 0.0852. The third-order valence-corrected chi connectivity index (χ3v) is 3.99. The van der Waals surface area contributed by atoms with Crippen molar-refractivity contribution in [2.45, 2.75) is 19.8 Å². The highest BCUT2D eigenvalue weighted by Crippen LogP contribution is 2.33. The predicted octanol–water partition coefficient (Wildman–Crippen LogP) is 4.67. The minimum Gasteiger partial charge on any atom is -0.384 e. The lowest BCUT2D eigenvalue weighted by Crippen LogP contribution is -2.19. The van der Waals surface area contributed by atoms with Gasteiger partial charge in [-0.05, 0) is 52.7 Å². The molecular weight excluding hydrogens is 326 g/mol. The first kappa shape index (κ1) is 15.6. The van der Waals surface area contributed by atoms with Gasteiger partial charge in [0.05, 0.1) is 5.69 Å². The van der Waals surface area contributed by atoms with Crippen molar-refractivity contribution >= 4 is 33.1 Å². The average molecular weight is 346 g/mol. The smallest absolute Gasteiger partial charge is 0.122 e. The fourth-order valence-corrected chi connectivity index (χ4v) is 2.80. The highest BCUT2D eigenvalue weighted by molar-refractivity contribution is 9.10. The van der Waals surface area contributed by atoms with E-state index in [-0.39, 0.29) is 5.84 Å². The van der Waals surface area contributed by atoms with Crippen LogP contribution in [0.25, 0.3) is 0 Å². The number of nitrogens with two attached hydrogens (primary N) is 1. The third-order valence-electron chi connectivity index (χ3n) is 3.35. The number of nitrogens with zero attached hydrogens (tertiary/aromatic N) is 1. The number of unbranched alkanes of at least 4 members (excludes halogenated alkanes) is 1. The van der Waals surface area contributed by atoms with E-state index in [0.717, 1.165) is 35.1 Å². The Bertz CT molecular complexity index is 611. The lowest BCUT2D eigenvalue weighted by molar-refractivity contribution is 0.785. The van der Waals surface area contributed by atoms with E-state index in [0.29, 0.717) is 0 Å². The van der Waals surface area contributed by atoms with Crippen molar-refractivity contribution < 1.29 is 0 Å². The standard InChI is InChI=1S/C17H20BrN3/c1-2-3-11-21(14-7-5-4-6-8-14)16-10-9-13(17(19)20)12-15(16)18/h4-10,12H,2-3,11H2,1H3,(H3,19,20). The summed E-state index contributed by atoms with van der Waals surface area (Å²) in [4.78, 5) is 2.29. The lowest BCUT2D eigenvalue weighted by Gasteiger charge is -2.26. The number of nitrogens with one attached hydrogen (secondary N) is 1. The summed E-state index contributed by atoms with van der Waals surface area (Å²) in [6, 6.07) is 16.2. The Kier molecular flexibility index (Phi) is 5.39. The molecule has 0 bridgehead atoms. The monoisotopic (exact) mass is 345 g/mol. The zero-order valence-electron chi connectivity index (χ0n) is 12.1. The van der Waals surface area contributed by atoms with Crippen LogP contribution in [0.4, 0.5) is 11.4 Å². The van der Waals surface area contributed by atoms with Crippen molar-refractivity contribution in [1.29, 1.82) is 5.41 Å². The SMILES string of the molecule is CCCCN(c1ccccc1)c1ccc(C(=N)N)cc1Br. The van der Waals surface area contributed by atoms with E-state index in [1.165, 1.54) is 5.69 Å². The molecule has 2 rings (SSSR count). The van der Waals surface area contributed by atoms with Crippen LogP contribution >= 0.6 is 15.9 Å². The maximum Gasteiger partial charge on any atom is 0.122 e. The molecule has 0 atom stereocenters. The quantitative estimate of drug-likeness (QED) is 0.590. The van der Waals surface area contributed by atoms with Crippen LogP contribution in [0.3, 0.4) is 0 Å². The van der Waals surface area contributed by atoms with Crippen LogP contribution in [-0.2, 0) is 0 Å². The van der Waals surface area contributed by atoms with E-state index >= 15 is 0 Å². The molecule has 110 valence electrons. The first-order chi connectivity index (χ1) is 10.1. The molecule has 0 aliphatic rings. The number of anilines is 2. The number of para-hydroxylation sites is 1. The van der Waals surface area contributed by atoms with E-state index in [4.69, 9.17) is 11.1 Å². The Morgan fingerprint density at radius 3 is 2.48 bits per heavy atom. The molecule has 0 aromatic heterocycles. The molecule has 0 heterocycles. The molecule has 21 heavy (non-hydrogen) atoms. The molecule has 0 saturated heterocycles. The molecule has 0 aliphatic carbocycles. The molecule has 0 radical (unpaired) electrons. The number of nitrogen functional groups attached to an aromatic ring is 1. The molecule has 0 aliphatic heterocycles. The van der Waals surface area contributed by atoms with Crippen molar-refractivity contribution in [3.8, 4) is 0 Å². The van der Waals surface area contributed by atoms with Crippen LogP contribution in [0.1, 0.15) is 25.3 Å². The van der Waals surface area contributed by atoms with E-state index in [9.17, 15) is 0 Å². The fourth-order valence-electron chi connectivity index (χ4n) is 2.21. The van der Waals surface area contributed by atoms with E-state index < -0.39 is 0 Å². The maximum absolute atomic E-state index is 7.53. The van der Waals surface area contributed by atoms with Crippen LogP contribution in [-0.4, -0.2) is 12.4 Å². The first-order valence-electron chi connectivity index (χ1n) is 7.10. The summed E-state index contributed by atoms with van der Waals surface area (Å²) in [7, 11) is 0. The number of hydrogen-bond donors (Lipinski definition) is 2. The van der Waals surface area contributed by atoms with Gasteiger partial charge in [0.2, 0.25) is 0 Å². The van der Waals surface area contributed by atoms with Crippen LogP contribution in [0.15, 0.2) is 53.0 Å². The van der Waals surface area contributed by atoms with Gasteiger partial charge in [0.15, 0.2) is 0 Å². The van der Waals surface area contributed by atoms with E-state index in [1.54, 1.807) is 0 Å². The fraction of sp³-hybridized carbons (Fsp3) is 0.235. The summed E-state index contributed by atoms with van der Waals surface area (Å²) >= 11 is 3.61. The number of hydrogen-bond acceptors (Lipinski definition) is 2. The molecular formula is C17H20BrN3. The summed E-state index contributed by atoms with van der Waals surface area (Å²) in [5, 5.41) is 7.53. The van der Waals surface area contributed by atoms with Gasteiger partial charge in [-0.1, -0.05) is 31.5 Å². The normalized spacial score (nSPS) is 10.4. The van der Waals surface area contributed by atoms with Gasteiger partial charge in [0, 0.05) is 22.3 Å². The van der Waals surface area contributed by atoms with Crippen LogP contribution in [0.5, 0.6) is 0 Å². The average Bonchev–Trinajstić information content (AvgIpc) is 2.50. The molecule has 0 saturated carbocycles. The summed E-state index contributed by atoms with van der Waals surface area (Å²) in [6.45, 7) is 3.15. The lowest BCUT2D eigenvalue weighted by atomic mass is 10.1. The largest absolute Gasteiger partial charge is 0.384 e. The Hall–Kier alpha value is -1.81. The van der Waals surface area contributed by atoms with Gasteiger partial charge in [0.25, 0.3) is 0 Å². The van der Waals surface area contributed by atoms with Gasteiger partial charge in [-0.25, -0.2) is 0 Å². The van der Waals surface area contributed by atoms with Gasteiger partial charge >= 0.3 is 0 Å². The Labute approximate surface area is 134 Å². The molecule has 0 fully saturated rings. The summed E-state index contributed by atoms with van der Waals surface area (Å²) in [5.41, 5.74) is 8.55. The molecule has 4 heteroatoms. The van der Waals surface area contributed by atoms with Crippen molar-refractivity contribution in [3.63, 3.8) is 0 Å². The molecule has 3 nitrogen and oxygen atoms in total. The van der Waals surface area contributed by atoms with Crippen molar-refractivity contribution in [2.24, 2.45) is 5.73 Å². The number of halogens is 1. The second kappa shape index (κ2) is 7.27. The van der Waals surface area contributed by atoms with Crippen molar-refractivity contribution in [2.75, 3.05) is 11.4 Å². The summed E-state index contributed by atoms with van der Waals surface area (Å²) in [5.74, 6) is 0.0852. The zero-order chi connectivity index (χ0) is 15.2. The van der Waals surface area contributed by atoms with Gasteiger partial charge < -0.3 is 10.6 Å². The minimum absolute atomic E-state index is 0.0852. The van der Waals surface area contributed by atoms with Gasteiger partial charge in [0.1, 0.15) is 5.84 Å². The highest BCUT2D eigenvalue weighted by atomic mass is 79.9. The number of amidine groups is 1. The molecule has 3 N–H and O–H groups in total. The van der Waals surface area contributed by atoms with E-state index in [1.807, 2.05) is 36.4 Å². The summed E-state index contributed by atoms with van der Waals surface area (Å²) in [6.07, 6.45) is 2.27. The molecule has 0 amide bonds. The predicted molar refractivity (Wildman–Crippen MR) is 93.5 cm³/mol. The van der Waals surface area contributed by atoms with E-state index in [2.05, 4.69) is 39.9 Å². The molecule has 0 unspecified atom stereocenters. The maximum atomic E-state index is 7.53. The number of rotatable bonds is 6. The van der Waals surface area contributed by atoms with Crippen molar-refractivity contribution in [3.05, 3.63) is 58.6 Å². The van der Waals surface area contributed by atoms with Crippen LogP contribution in [0.2, 0.25) is 0 Å². The number of benzene rings is 2. The first-order valence-corrected chi connectivity index (χ1v) is 7.89. The second-order valence-electron chi connectivity index (χ2n) is 4.92. The zero-order valence-corrected chi connectivity index (χ0v) is 13.7. The van der Waals surface area contributed by atoms with Crippen LogP contribution in [0, 0.1) is 5.41 Å².